The van der Waals surface area contributed by atoms with E-state index in [-0.39, 0.29) is 11.8 Å². The van der Waals surface area contributed by atoms with Crippen molar-refractivity contribution in [2.24, 2.45) is 0 Å². The fourth-order valence-electron chi connectivity index (χ4n) is 1.19. The van der Waals surface area contributed by atoms with Crippen LogP contribution in [0.1, 0.15) is 13.8 Å². The molecule has 5 heteroatoms. The van der Waals surface area contributed by atoms with Crippen LogP contribution in [-0.2, 0) is 9.59 Å². The molecule has 0 fully saturated rings. The van der Waals surface area contributed by atoms with Crippen LogP contribution < -0.4 is 10.6 Å². The van der Waals surface area contributed by atoms with Gasteiger partial charge in [0.15, 0.2) is 0 Å². The highest BCUT2D eigenvalue weighted by Crippen LogP contribution is 2.15. The molecule has 0 saturated heterocycles. The van der Waals surface area contributed by atoms with Gasteiger partial charge < -0.3 is 10.6 Å². The molecule has 0 bridgehead atoms. The van der Waals surface area contributed by atoms with Crippen molar-refractivity contribution >= 4 is 33.4 Å². The van der Waals surface area contributed by atoms with Gasteiger partial charge in [0.25, 0.3) is 0 Å². The number of amides is 2. The first-order chi connectivity index (χ1) is 7.49. The highest BCUT2D eigenvalue weighted by atomic mass is 79.9. The Bertz CT molecular complexity index is 407. The maximum atomic E-state index is 11.6. The number of rotatable bonds is 3. The summed E-state index contributed by atoms with van der Waals surface area (Å²) in [5, 5.41) is 5.22. The van der Waals surface area contributed by atoms with Gasteiger partial charge in [-0.3, -0.25) is 9.59 Å². The van der Waals surface area contributed by atoms with Gasteiger partial charge in [-0.15, -0.1) is 0 Å². The number of anilines is 1. The number of carbonyl (C=O) groups is 2. The molecule has 1 rings (SSSR count). The van der Waals surface area contributed by atoms with Gasteiger partial charge in [-0.2, -0.15) is 0 Å². The minimum absolute atomic E-state index is 0.225. The summed E-state index contributed by atoms with van der Waals surface area (Å²) in [6, 6.07) is 6.72. The maximum Gasteiger partial charge on any atom is 0.246 e. The second-order valence-corrected chi connectivity index (χ2v) is 4.34. The number of carbonyl (C=O) groups excluding carboxylic acids is 2. The van der Waals surface area contributed by atoms with Crippen molar-refractivity contribution in [3.8, 4) is 0 Å². The molecule has 0 aliphatic heterocycles. The minimum Gasteiger partial charge on any atom is -0.345 e. The van der Waals surface area contributed by atoms with Crippen molar-refractivity contribution in [2.45, 2.75) is 19.9 Å². The fourth-order valence-corrected chi connectivity index (χ4v) is 1.59. The zero-order chi connectivity index (χ0) is 12.1. The van der Waals surface area contributed by atoms with Gasteiger partial charge in [0.2, 0.25) is 11.8 Å². The number of benzene rings is 1. The van der Waals surface area contributed by atoms with E-state index in [2.05, 4.69) is 26.6 Å². The fraction of sp³-hybridized carbons (Fsp3) is 0.273. The molecule has 4 nitrogen and oxygen atoms in total. The van der Waals surface area contributed by atoms with E-state index in [1.54, 1.807) is 19.1 Å². The van der Waals surface area contributed by atoms with Gasteiger partial charge in [-0.1, -0.05) is 22.0 Å². The number of hydrogen-bond acceptors (Lipinski definition) is 2. The van der Waals surface area contributed by atoms with Gasteiger partial charge in [0.1, 0.15) is 6.04 Å². The molecule has 1 atom stereocenters. The van der Waals surface area contributed by atoms with Crippen molar-refractivity contribution in [1.82, 2.24) is 5.32 Å². The summed E-state index contributed by atoms with van der Waals surface area (Å²) in [5.41, 5.74) is 0.691. The average Bonchev–Trinajstić information content (AvgIpc) is 2.16. The van der Waals surface area contributed by atoms with Crippen LogP contribution in [0.15, 0.2) is 28.7 Å². The molecule has 0 aliphatic carbocycles. The van der Waals surface area contributed by atoms with E-state index in [9.17, 15) is 9.59 Å². The Hall–Kier alpha value is -1.36. The zero-order valence-corrected chi connectivity index (χ0v) is 10.7. The predicted octanol–water partition coefficient (Wildman–Crippen LogP) is 1.91. The molecule has 2 N–H and O–H groups in total. The Morgan fingerprint density at radius 3 is 2.62 bits per heavy atom. The molecule has 0 aromatic heterocycles. The lowest BCUT2D eigenvalue weighted by Gasteiger charge is -2.12. The van der Waals surface area contributed by atoms with E-state index in [1.807, 2.05) is 12.1 Å². The summed E-state index contributed by atoms with van der Waals surface area (Å²) in [6.07, 6.45) is 0. The van der Waals surface area contributed by atoms with Crippen LogP contribution in [0.5, 0.6) is 0 Å². The molecule has 0 spiro atoms. The molecular weight excluding hydrogens is 272 g/mol. The topological polar surface area (TPSA) is 58.2 Å². The molecule has 86 valence electrons. The van der Waals surface area contributed by atoms with E-state index < -0.39 is 6.04 Å². The third-order valence-corrected chi connectivity index (χ3v) is 2.40. The van der Waals surface area contributed by atoms with E-state index in [0.29, 0.717) is 5.69 Å². The van der Waals surface area contributed by atoms with Crippen molar-refractivity contribution in [2.75, 3.05) is 5.32 Å². The molecular formula is C11H13BrN2O2. The largest absolute Gasteiger partial charge is 0.345 e. The minimum atomic E-state index is -0.545. The summed E-state index contributed by atoms with van der Waals surface area (Å²) in [7, 11) is 0. The molecule has 0 aliphatic rings. The maximum absolute atomic E-state index is 11.6. The summed E-state index contributed by atoms with van der Waals surface area (Å²) < 4.78 is 0.887. The second kappa shape index (κ2) is 5.65. The van der Waals surface area contributed by atoms with Crippen LogP contribution in [0.3, 0.4) is 0 Å². The lowest BCUT2D eigenvalue weighted by atomic mass is 10.2. The summed E-state index contributed by atoms with van der Waals surface area (Å²) in [4.78, 5) is 22.4. The van der Waals surface area contributed by atoms with Gasteiger partial charge >= 0.3 is 0 Å². The molecule has 2 amide bonds. The first kappa shape index (κ1) is 12.7. The lowest BCUT2D eigenvalue weighted by molar-refractivity contribution is -0.124. The van der Waals surface area contributed by atoms with E-state index in [0.717, 1.165) is 4.47 Å². The van der Waals surface area contributed by atoms with Crippen molar-refractivity contribution < 1.29 is 9.59 Å². The van der Waals surface area contributed by atoms with Crippen molar-refractivity contribution in [3.63, 3.8) is 0 Å². The summed E-state index contributed by atoms with van der Waals surface area (Å²) in [6.45, 7) is 3.01. The normalized spacial score (nSPS) is 11.7. The van der Waals surface area contributed by atoms with Crippen molar-refractivity contribution in [1.29, 1.82) is 0 Å². The van der Waals surface area contributed by atoms with E-state index >= 15 is 0 Å². The third-order valence-electron chi connectivity index (χ3n) is 1.91. The van der Waals surface area contributed by atoms with Gasteiger partial charge in [-0.25, -0.2) is 0 Å². The van der Waals surface area contributed by atoms with E-state index in [4.69, 9.17) is 0 Å². The van der Waals surface area contributed by atoms with Crippen LogP contribution in [0.25, 0.3) is 0 Å². The molecule has 16 heavy (non-hydrogen) atoms. The van der Waals surface area contributed by atoms with Crippen LogP contribution in [0.4, 0.5) is 5.69 Å². The lowest BCUT2D eigenvalue weighted by Crippen LogP contribution is -2.40. The Morgan fingerprint density at radius 2 is 2.06 bits per heavy atom. The van der Waals surface area contributed by atoms with Crippen molar-refractivity contribution in [3.05, 3.63) is 28.7 Å². The van der Waals surface area contributed by atoms with Gasteiger partial charge in [-0.05, 0) is 25.1 Å². The quantitative estimate of drug-likeness (QED) is 0.891. The number of hydrogen-bond donors (Lipinski definition) is 2. The SMILES string of the molecule is CC(=O)NC(C)C(=O)Nc1cccc(Br)c1. The summed E-state index contributed by atoms with van der Waals surface area (Å²) in [5.74, 6) is -0.467. The number of nitrogens with one attached hydrogen (secondary N) is 2. The Labute approximate surface area is 103 Å². The van der Waals surface area contributed by atoms with Gasteiger partial charge in [0.05, 0.1) is 0 Å². The number of halogens is 1. The molecule has 1 aromatic rings. The zero-order valence-electron chi connectivity index (χ0n) is 9.08. The smallest absolute Gasteiger partial charge is 0.246 e. The third kappa shape index (κ3) is 4.02. The van der Waals surface area contributed by atoms with Crippen LogP contribution in [0, 0.1) is 0 Å². The molecule has 1 unspecified atom stereocenters. The molecule has 0 heterocycles. The first-order valence-corrected chi connectivity index (χ1v) is 5.62. The Kier molecular flexibility index (Phi) is 4.49. The first-order valence-electron chi connectivity index (χ1n) is 4.82. The predicted molar refractivity (Wildman–Crippen MR) is 66.1 cm³/mol. The standard InChI is InChI=1S/C11H13BrN2O2/c1-7(13-8(2)15)11(16)14-10-5-3-4-9(12)6-10/h3-7H,1-2H3,(H,13,15)(H,14,16). The monoisotopic (exact) mass is 284 g/mol. The van der Waals surface area contributed by atoms with Crippen LogP contribution in [-0.4, -0.2) is 17.9 Å². The molecule has 0 radical (unpaired) electrons. The summed E-state index contributed by atoms with van der Waals surface area (Å²) >= 11 is 3.31. The highest BCUT2D eigenvalue weighted by Gasteiger charge is 2.13. The second-order valence-electron chi connectivity index (χ2n) is 3.42. The van der Waals surface area contributed by atoms with Crippen LogP contribution >= 0.6 is 15.9 Å². The van der Waals surface area contributed by atoms with E-state index in [1.165, 1.54) is 6.92 Å². The average molecular weight is 285 g/mol. The van der Waals surface area contributed by atoms with Crippen LogP contribution in [0.2, 0.25) is 0 Å². The highest BCUT2D eigenvalue weighted by molar-refractivity contribution is 9.10. The Morgan fingerprint density at radius 1 is 1.38 bits per heavy atom. The molecule has 1 aromatic carbocycles. The Balaban J connectivity index is 2.60. The molecule has 0 saturated carbocycles. The van der Waals surface area contributed by atoms with Gasteiger partial charge in [0, 0.05) is 17.1 Å².